The van der Waals surface area contributed by atoms with Crippen molar-refractivity contribution in [1.29, 1.82) is 0 Å². The average molecular weight is 526 g/mol. The van der Waals surface area contributed by atoms with Crippen molar-refractivity contribution in [2.24, 2.45) is 0 Å². The molecule has 0 fully saturated rings. The summed E-state index contributed by atoms with van der Waals surface area (Å²) in [7, 11) is 0. The van der Waals surface area contributed by atoms with E-state index in [-0.39, 0.29) is 0 Å². The maximum atomic E-state index is 11.7. The van der Waals surface area contributed by atoms with Crippen LogP contribution in [0, 0.1) is 6.92 Å². The molecule has 0 heterocycles. The maximum absolute atomic E-state index is 11.7. The Balaban J connectivity index is 1.69. The second-order valence-corrected chi connectivity index (χ2v) is 9.17. The van der Waals surface area contributed by atoms with Gasteiger partial charge in [-0.1, -0.05) is 49.7 Å². The summed E-state index contributed by atoms with van der Waals surface area (Å²) in [6, 6.07) is 23.0. The normalized spacial score (nSPS) is 11.4. The molecule has 0 aromatic heterocycles. The first-order valence-electron chi connectivity index (χ1n) is 12.9. The highest BCUT2D eigenvalue weighted by Gasteiger charge is 2.20. The van der Waals surface area contributed by atoms with Gasteiger partial charge in [0.25, 0.3) is 0 Å². The molecule has 196 valence electrons. The van der Waals surface area contributed by atoms with Gasteiger partial charge in [0.15, 0.2) is 0 Å². The monoisotopic (exact) mass is 525 g/mol. The molecule has 4 aromatic rings. The van der Waals surface area contributed by atoms with E-state index in [0.717, 1.165) is 63.1 Å². The second-order valence-electron chi connectivity index (χ2n) is 9.17. The van der Waals surface area contributed by atoms with E-state index in [1.54, 1.807) is 24.3 Å². The second kappa shape index (κ2) is 11.2. The number of anilines is 3. The van der Waals surface area contributed by atoms with E-state index in [1.807, 2.05) is 30.3 Å². The highest BCUT2D eigenvalue weighted by Crippen LogP contribution is 2.43. The molecule has 5 nitrogen and oxygen atoms in total. The Morgan fingerprint density at radius 2 is 1.40 bits per heavy atom. The Hall–Kier alpha value is -5.34. The fourth-order valence-corrected chi connectivity index (χ4v) is 4.86. The number of ether oxygens (including phenoxy) is 2. The van der Waals surface area contributed by atoms with Crippen LogP contribution in [0.25, 0.3) is 22.4 Å². The number of carbonyl (C=O) groups is 2. The first-order chi connectivity index (χ1) is 19.4. The predicted octanol–water partition coefficient (Wildman–Crippen LogP) is 8.38. The molecule has 1 aliphatic carbocycles. The lowest BCUT2D eigenvalue weighted by molar-refractivity contribution is -0.129. The maximum Gasteiger partial charge on any atom is 0.335 e. The van der Waals surface area contributed by atoms with Gasteiger partial charge in [0.1, 0.15) is 11.5 Å². The van der Waals surface area contributed by atoms with Crippen molar-refractivity contribution in [2.45, 2.75) is 20.3 Å². The molecule has 0 atom stereocenters. The fraction of sp³-hybridized carbons (Fsp3) is 0.0857. The average Bonchev–Trinajstić information content (AvgIpc) is 2.99. The van der Waals surface area contributed by atoms with Gasteiger partial charge in [-0.15, -0.1) is 0 Å². The van der Waals surface area contributed by atoms with Gasteiger partial charge < -0.3 is 14.4 Å². The summed E-state index contributed by atoms with van der Waals surface area (Å²) >= 11 is 0. The molecule has 0 unspecified atom stereocenters. The Kier molecular flexibility index (Phi) is 7.35. The zero-order valence-electron chi connectivity index (χ0n) is 22.4. The van der Waals surface area contributed by atoms with Crippen molar-refractivity contribution < 1.29 is 19.1 Å². The minimum atomic E-state index is -0.522. The van der Waals surface area contributed by atoms with Crippen molar-refractivity contribution in [3.05, 3.63) is 126 Å². The van der Waals surface area contributed by atoms with Crippen LogP contribution in [0.15, 0.2) is 110 Å². The predicted molar refractivity (Wildman–Crippen MR) is 160 cm³/mol. The van der Waals surface area contributed by atoms with Crippen LogP contribution < -0.4 is 14.4 Å². The lowest BCUT2D eigenvalue weighted by atomic mass is 9.87. The van der Waals surface area contributed by atoms with Crippen LogP contribution in [0.3, 0.4) is 0 Å². The number of aryl methyl sites for hydroxylation is 1. The van der Waals surface area contributed by atoms with Crippen LogP contribution >= 0.6 is 0 Å². The first-order valence-corrected chi connectivity index (χ1v) is 12.9. The molecule has 0 saturated heterocycles. The number of rotatable bonds is 8. The number of nitrogens with zero attached hydrogens (tertiary/aromatic N) is 1. The molecule has 0 saturated carbocycles. The van der Waals surface area contributed by atoms with E-state index in [9.17, 15) is 9.59 Å². The van der Waals surface area contributed by atoms with E-state index >= 15 is 0 Å². The Bertz CT molecular complexity index is 1700. The zero-order valence-corrected chi connectivity index (χ0v) is 22.4. The third kappa shape index (κ3) is 5.03. The summed E-state index contributed by atoms with van der Waals surface area (Å²) in [5.74, 6) is -0.211. The summed E-state index contributed by atoms with van der Waals surface area (Å²) in [5, 5.41) is 2.24. The molecule has 0 N–H and O–H groups in total. The molecule has 5 heteroatoms. The van der Waals surface area contributed by atoms with Gasteiger partial charge in [-0.2, -0.15) is 0 Å². The summed E-state index contributed by atoms with van der Waals surface area (Å²) in [5.41, 5.74) is 13.7. The minimum absolute atomic E-state index is 0.416. The summed E-state index contributed by atoms with van der Waals surface area (Å²) in [6.07, 6.45) is 5.08. The van der Waals surface area contributed by atoms with E-state index in [4.69, 9.17) is 9.47 Å². The molecule has 0 aliphatic heterocycles. The number of benzene rings is 4. The molecular formula is C35H27NO4. The number of allylic oxidation sites excluding steroid dienone is 1. The molecule has 0 radical (unpaired) electrons. The van der Waals surface area contributed by atoms with E-state index in [0.29, 0.717) is 11.5 Å². The van der Waals surface area contributed by atoms with Crippen LogP contribution in [0.4, 0.5) is 17.1 Å². The van der Waals surface area contributed by atoms with Crippen molar-refractivity contribution >= 4 is 51.4 Å². The van der Waals surface area contributed by atoms with Crippen LogP contribution in [0.1, 0.15) is 30.0 Å². The molecule has 1 aliphatic rings. The van der Waals surface area contributed by atoms with Crippen molar-refractivity contribution in [3.63, 3.8) is 0 Å². The molecule has 5 rings (SSSR count). The molecule has 0 bridgehead atoms. The third-order valence-corrected chi connectivity index (χ3v) is 6.71. The topological polar surface area (TPSA) is 55.8 Å². The number of hydrogen-bond donors (Lipinski definition) is 0. The van der Waals surface area contributed by atoms with Gasteiger partial charge in [-0.25, -0.2) is 9.59 Å². The molecule has 0 spiro atoms. The van der Waals surface area contributed by atoms with Gasteiger partial charge in [0, 0.05) is 40.0 Å². The van der Waals surface area contributed by atoms with Crippen LogP contribution in [-0.2, 0) is 9.59 Å². The summed E-state index contributed by atoms with van der Waals surface area (Å²) in [6.45, 7) is 11.2. The van der Waals surface area contributed by atoms with Gasteiger partial charge in [-0.05, 0) is 90.5 Å². The largest absolute Gasteiger partial charge is 0.423 e. The van der Waals surface area contributed by atoms with Crippen LogP contribution in [0.5, 0.6) is 11.5 Å². The smallest absolute Gasteiger partial charge is 0.335 e. The third-order valence-electron chi connectivity index (χ3n) is 6.71. The molecule has 0 amide bonds. The van der Waals surface area contributed by atoms with Gasteiger partial charge in [0.05, 0.1) is 5.69 Å². The van der Waals surface area contributed by atoms with Crippen molar-refractivity contribution in [2.75, 3.05) is 4.90 Å². The van der Waals surface area contributed by atoms with Gasteiger partial charge >= 0.3 is 11.9 Å². The fourth-order valence-electron chi connectivity index (χ4n) is 4.86. The number of hydrogen-bond acceptors (Lipinski definition) is 5. The van der Waals surface area contributed by atoms with Crippen molar-refractivity contribution in [3.8, 4) is 11.5 Å². The van der Waals surface area contributed by atoms with E-state index in [1.165, 1.54) is 5.56 Å². The molecular weight excluding hydrogens is 498 g/mol. The van der Waals surface area contributed by atoms with Crippen LogP contribution in [0.2, 0.25) is 0 Å². The highest BCUT2D eigenvalue weighted by atomic mass is 16.5. The van der Waals surface area contributed by atoms with Crippen molar-refractivity contribution in [1.82, 2.24) is 0 Å². The lowest BCUT2D eigenvalue weighted by Crippen LogP contribution is -2.12. The van der Waals surface area contributed by atoms with E-state index in [2.05, 4.69) is 67.6 Å². The number of fused-ring (bicyclic) bond motifs is 3. The Labute approximate surface area is 233 Å². The number of carbonyl (C=O) groups excluding carboxylic acids is 2. The summed E-state index contributed by atoms with van der Waals surface area (Å²) < 4.78 is 10.6. The zero-order chi connectivity index (χ0) is 28.2. The lowest BCUT2D eigenvalue weighted by Gasteiger charge is -2.28. The first kappa shape index (κ1) is 26.3. The number of esters is 2. The Morgan fingerprint density at radius 1 is 0.825 bits per heavy atom. The molecule has 4 aromatic carbocycles. The summed E-state index contributed by atoms with van der Waals surface area (Å²) in [4.78, 5) is 25.5. The highest BCUT2D eigenvalue weighted by molar-refractivity contribution is 6.07. The molecule has 40 heavy (non-hydrogen) atoms. The van der Waals surface area contributed by atoms with Crippen LogP contribution in [-0.4, -0.2) is 11.9 Å². The standard InChI is InChI=1S/C35H27NO4/c1-5-24-9-8-10-25-12-21-30-31(22-11-23(4)34(30)35(24)25)36(26-13-17-28(18-14-26)39-32(37)6-2)27-15-19-29(20-16-27)40-33(38)7-3/h6-7,10-22H,2-3,5H2,1,4H3. The SMILES string of the molecule is C=CC(=O)Oc1ccc(N(c2ccc(OC(=O)C=C)cc2)c2ccc(C)c3c4c(ccc23)C=C=C=C4CC)cc1. The minimum Gasteiger partial charge on any atom is -0.423 e. The Morgan fingerprint density at radius 3 is 1.93 bits per heavy atom. The van der Waals surface area contributed by atoms with Gasteiger partial charge in [0.2, 0.25) is 0 Å². The van der Waals surface area contributed by atoms with Gasteiger partial charge in [-0.3, -0.25) is 0 Å². The quantitative estimate of drug-likeness (QED) is 0.100. The van der Waals surface area contributed by atoms with E-state index < -0.39 is 11.9 Å².